The Balaban J connectivity index is 1.44. The Morgan fingerprint density at radius 2 is 1.79 bits per heavy atom. The first-order chi connectivity index (χ1) is 13.6. The van der Waals surface area contributed by atoms with Crippen molar-refractivity contribution in [1.29, 1.82) is 0 Å². The Kier molecular flexibility index (Phi) is 5.34. The molecule has 1 N–H and O–H groups in total. The van der Waals surface area contributed by atoms with Gasteiger partial charge in [0.15, 0.2) is 6.10 Å². The van der Waals surface area contributed by atoms with Crippen molar-refractivity contribution < 1.29 is 9.53 Å². The molecule has 3 heteroatoms. The summed E-state index contributed by atoms with van der Waals surface area (Å²) in [5.41, 5.74) is 4.04. The highest BCUT2D eigenvalue weighted by molar-refractivity contribution is 5.84. The second-order valence-electron chi connectivity index (χ2n) is 7.64. The molecule has 0 saturated heterocycles. The summed E-state index contributed by atoms with van der Waals surface area (Å²) in [6.45, 7) is 4.02. The van der Waals surface area contributed by atoms with Crippen LogP contribution < -0.4 is 10.1 Å². The van der Waals surface area contributed by atoms with Gasteiger partial charge in [0.05, 0.1) is 6.04 Å². The predicted molar refractivity (Wildman–Crippen MR) is 114 cm³/mol. The fraction of sp³-hybridized carbons (Fsp3) is 0.320. The third-order valence-corrected chi connectivity index (χ3v) is 5.64. The van der Waals surface area contributed by atoms with Crippen LogP contribution in [0.2, 0.25) is 0 Å². The van der Waals surface area contributed by atoms with Gasteiger partial charge in [0.2, 0.25) is 0 Å². The summed E-state index contributed by atoms with van der Waals surface area (Å²) < 4.78 is 6.03. The van der Waals surface area contributed by atoms with E-state index in [2.05, 4.69) is 35.6 Å². The van der Waals surface area contributed by atoms with Crippen LogP contribution in [-0.4, -0.2) is 12.0 Å². The Morgan fingerprint density at radius 1 is 1.00 bits per heavy atom. The summed E-state index contributed by atoms with van der Waals surface area (Å²) in [5.74, 6) is 0.662. The number of hydrogen-bond acceptors (Lipinski definition) is 2. The fourth-order valence-electron chi connectivity index (χ4n) is 3.98. The molecular weight excluding hydrogens is 346 g/mol. The van der Waals surface area contributed by atoms with Crippen LogP contribution in [0.5, 0.6) is 5.75 Å². The van der Waals surface area contributed by atoms with Gasteiger partial charge in [0.25, 0.3) is 5.91 Å². The topological polar surface area (TPSA) is 38.3 Å². The second-order valence-corrected chi connectivity index (χ2v) is 7.64. The quantitative estimate of drug-likeness (QED) is 0.631. The molecule has 1 aliphatic carbocycles. The first-order valence-corrected chi connectivity index (χ1v) is 10.2. The van der Waals surface area contributed by atoms with Crippen LogP contribution in [0.4, 0.5) is 0 Å². The van der Waals surface area contributed by atoms with E-state index in [9.17, 15) is 4.79 Å². The first kappa shape index (κ1) is 18.5. The molecule has 0 bridgehead atoms. The van der Waals surface area contributed by atoms with Crippen LogP contribution >= 0.6 is 0 Å². The van der Waals surface area contributed by atoms with E-state index in [0.717, 1.165) is 28.5 Å². The Labute approximate surface area is 166 Å². The van der Waals surface area contributed by atoms with Gasteiger partial charge in [-0.1, -0.05) is 55.5 Å². The van der Waals surface area contributed by atoms with Gasteiger partial charge in [-0.3, -0.25) is 4.79 Å². The predicted octanol–water partition coefficient (Wildman–Crippen LogP) is 5.36. The van der Waals surface area contributed by atoms with Gasteiger partial charge in [-0.15, -0.1) is 0 Å². The first-order valence-electron chi connectivity index (χ1n) is 10.2. The Bertz CT molecular complexity index is 995. The molecule has 0 aliphatic heterocycles. The van der Waals surface area contributed by atoms with E-state index in [0.29, 0.717) is 6.42 Å². The molecule has 0 fully saturated rings. The van der Waals surface area contributed by atoms with E-state index in [4.69, 9.17) is 4.74 Å². The van der Waals surface area contributed by atoms with E-state index in [1.54, 1.807) is 0 Å². The monoisotopic (exact) mass is 373 g/mol. The number of carbonyl (C=O) groups is 1. The van der Waals surface area contributed by atoms with Gasteiger partial charge in [-0.25, -0.2) is 0 Å². The van der Waals surface area contributed by atoms with Crippen LogP contribution in [0, 0.1) is 0 Å². The summed E-state index contributed by atoms with van der Waals surface area (Å²) in [4.78, 5) is 12.8. The summed E-state index contributed by atoms with van der Waals surface area (Å²) in [7, 11) is 0. The van der Waals surface area contributed by atoms with Gasteiger partial charge in [0, 0.05) is 0 Å². The van der Waals surface area contributed by atoms with Crippen molar-refractivity contribution in [2.24, 2.45) is 0 Å². The van der Waals surface area contributed by atoms with Crippen LogP contribution in [0.25, 0.3) is 10.8 Å². The molecule has 2 atom stereocenters. The molecule has 28 heavy (non-hydrogen) atoms. The molecule has 1 amide bonds. The molecule has 0 spiro atoms. The molecular formula is C25H27NO2. The van der Waals surface area contributed by atoms with Crippen molar-refractivity contribution in [1.82, 2.24) is 5.32 Å². The number of amides is 1. The number of carbonyl (C=O) groups excluding carboxylic acids is 1. The highest BCUT2D eigenvalue weighted by atomic mass is 16.5. The van der Waals surface area contributed by atoms with E-state index in [-0.39, 0.29) is 11.9 Å². The van der Waals surface area contributed by atoms with Crippen LogP contribution in [0.3, 0.4) is 0 Å². The summed E-state index contributed by atoms with van der Waals surface area (Å²) in [6, 6.07) is 20.7. The zero-order valence-electron chi connectivity index (χ0n) is 16.6. The van der Waals surface area contributed by atoms with Crippen molar-refractivity contribution in [3.63, 3.8) is 0 Å². The van der Waals surface area contributed by atoms with Gasteiger partial charge >= 0.3 is 0 Å². The molecule has 0 aromatic heterocycles. The number of fused-ring (bicyclic) bond motifs is 2. The van der Waals surface area contributed by atoms with E-state index in [1.165, 1.54) is 24.0 Å². The lowest BCUT2D eigenvalue weighted by atomic mass is 10.0. The van der Waals surface area contributed by atoms with E-state index < -0.39 is 6.10 Å². The fourth-order valence-corrected chi connectivity index (χ4v) is 3.98. The summed E-state index contributed by atoms with van der Waals surface area (Å²) in [5, 5.41) is 5.41. The second kappa shape index (κ2) is 8.05. The molecule has 3 aromatic rings. The standard InChI is InChI=1S/C25H27NO2/c1-3-24(28-23-14-13-18-7-4-5-8-22(18)16-23)25(27)26-17(2)20-12-11-19-9-6-10-21(19)15-20/h4-5,7-8,11-17,24H,3,6,9-10H2,1-2H3,(H,26,27)/t17-,24+/m0/s1. The SMILES string of the molecule is CC[C@@H](Oc1ccc2ccccc2c1)C(=O)N[C@@H](C)c1ccc2c(c1)CCC2. The summed E-state index contributed by atoms with van der Waals surface area (Å²) in [6.07, 6.45) is 3.67. The minimum atomic E-state index is -0.502. The zero-order valence-corrected chi connectivity index (χ0v) is 16.6. The minimum absolute atomic E-state index is 0.0346. The van der Waals surface area contributed by atoms with Crippen molar-refractivity contribution >= 4 is 16.7 Å². The van der Waals surface area contributed by atoms with Gasteiger partial charge < -0.3 is 10.1 Å². The Hall–Kier alpha value is -2.81. The largest absolute Gasteiger partial charge is 0.481 e. The number of benzene rings is 3. The number of nitrogens with one attached hydrogen (secondary N) is 1. The normalized spacial score (nSPS) is 15.1. The van der Waals surface area contributed by atoms with Crippen LogP contribution in [0.1, 0.15) is 49.4 Å². The molecule has 1 aliphatic rings. The van der Waals surface area contributed by atoms with Crippen molar-refractivity contribution in [2.75, 3.05) is 0 Å². The third kappa shape index (κ3) is 3.89. The lowest BCUT2D eigenvalue weighted by Gasteiger charge is -2.21. The average Bonchev–Trinajstić information content (AvgIpc) is 3.19. The zero-order chi connectivity index (χ0) is 19.5. The molecule has 0 heterocycles. The highest BCUT2D eigenvalue weighted by Crippen LogP contribution is 2.26. The maximum atomic E-state index is 12.8. The van der Waals surface area contributed by atoms with Gasteiger partial charge in [-0.05, 0) is 72.2 Å². The van der Waals surface area contributed by atoms with E-state index in [1.807, 2.05) is 44.2 Å². The maximum Gasteiger partial charge on any atom is 0.261 e. The molecule has 0 radical (unpaired) electrons. The van der Waals surface area contributed by atoms with Gasteiger partial charge in [-0.2, -0.15) is 0 Å². The molecule has 0 unspecified atom stereocenters. The van der Waals surface area contributed by atoms with Crippen molar-refractivity contribution in [3.8, 4) is 5.75 Å². The maximum absolute atomic E-state index is 12.8. The van der Waals surface area contributed by atoms with Crippen LogP contribution in [0.15, 0.2) is 60.7 Å². The van der Waals surface area contributed by atoms with E-state index >= 15 is 0 Å². The van der Waals surface area contributed by atoms with Gasteiger partial charge in [0.1, 0.15) is 5.75 Å². The molecule has 3 aromatic carbocycles. The molecule has 4 rings (SSSR count). The van der Waals surface area contributed by atoms with Crippen molar-refractivity contribution in [2.45, 2.75) is 51.7 Å². The number of hydrogen-bond donors (Lipinski definition) is 1. The number of aryl methyl sites for hydroxylation is 2. The highest BCUT2D eigenvalue weighted by Gasteiger charge is 2.21. The van der Waals surface area contributed by atoms with Crippen LogP contribution in [-0.2, 0) is 17.6 Å². The Morgan fingerprint density at radius 3 is 2.61 bits per heavy atom. The number of rotatable bonds is 6. The minimum Gasteiger partial charge on any atom is -0.481 e. The summed E-state index contributed by atoms with van der Waals surface area (Å²) >= 11 is 0. The average molecular weight is 373 g/mol. The molecule has 0 saturated carbocycles. The van der Waals surface area contributed by atoms with Crippen molar-refractivity contribution in [3.05, 3.63) is 77.4 Å². The molecule has 144 valence electrons. The third-order valence-electron chi connectivity index (χ3n) is 5.64. The smallest absolute Gasteiger partial charge is 0.261 e. The molecule has 3 nitrogen and oxygen atoms in total. The lowest BCUT2D eigenvalue weighted by molar-refractivity contribution is -0.128. The lowest BCUT2D eigenvalue weighted by Crippen LogP contribution is -2.39. The number of ether oxygens (including phenoxy) is 1.